The maximum atomic E-state index is 2.41. The van der Waals surface area contributed by atoms with Gasteiger partial charge in [0.2, 0.25) is 0 Å². The number of para-hydroxylation sites is 1. The van der Waals surface area contributed by atoms with Gasteiger partial charge in [-0.25, -0.2) is 0 Å². The number of benzene rings is 10. The standard InChI is InChI=1S/C58H40N2/c1-3-13-41(14-4-1)44-25-27-45(28-26-44)46-29-34-50(35-30-46)59(52-20-11-19-49(39-52)42-15-5-2-6-16-42)51-36-32-47(33-37-51)54-22-12-24-57-58(54)55-21-9-10-23-56(55)60(57)53-38-31-43-17-7-8-18-48(43)40-53/h1-40H. The van der Waals surface area contributed by atoms with Gasteiger partial charge in [-0.2, -0.15) is 0 Å². The summed E-state index contributed by atoms with van der Waals surface area (Å²) in [5.41, 5.74) is 16.4. The molecule has 0 atom stereocenters. The Bertz CT molecular complexity index is 3270. The quantitative estimate of drug-likeness (QED) is 0.150. The summed E-state index contributed by atoms with van der Waals surface area (Å²) in [5, 5.41) is 4.98. The van der Waals surface area contributed by atoms with Gasteiger partial charge in [0.25, 0.3) is 0 Å². The number of rotatable bonds is 8. The molecule has 60 heavy (non-hydrogen) atoms. The summed E-state index contributed by atoms with van der Waals surface area (Å²) in [4.78, 5) is 2.37. The van der Waals surface area contributed by atoms with Crippen LogP contribution in [-0.2, 0) is 0 Å². The number of aromatic nitrogens is 1. The second-order valence-corrected chi connectivity index (χ2v) is 15.4. The molecule has 0 unspecified atom stereocenters. The molecule has 2 nitrogen and oxygen atoms in total. The molecular weight excluding hydrogens is 725 g/mol. The van der Waals surface area contributed by atoms with Crippen LogP contribution in [0.15, 0.2) is 243 Å². The number of anilines is 3. The molecule has 0 radical (unpaired) electrons. The van der Waals surface area contributed by atoms with Crippen LogP contribution in [0.4, 0.5) is 17.1 Å². The molecule has 282 valence electrons. The minimum Gasteiger partial charge on any atom is -0.310 e. The third-order valence-corrected chi connectivity index (χ3v) is 11.8. The lowest BCUT2D eigenvalue weighted by Gasteiger charge is -2.26. The smallest absolute Gasteiger partial charge is 0.0547 e. The molecule has 0 aliphatic carbocycles. The predicted molar refractivity (Wildman–Crippen MR) is 255 cm³/mol. The van der Waals surface area contributed by atoms with E-state index in [1.54, 1.807) is 0 Å². The molecule has 0 fully saturated rings. The van der Waals surface area contributed by atoms with Crippen LogP contribution in [-0.4, -0.2) is 4.57 Å². The Morgan fingerprint density at radius 3 is 1.47 bits per heavy atom. The molecule has 0 spiro atoms. The van der Waals surface area contributed by atoms with Crippen molar-refractivity contribution in [3.8, 4) is 50.2 Å². The van der Waals surface area contributed by atoms with Gasteiger partial charge in [-0.3, -0.25) is 0 Å². The average molecular weight is 765 g/mol. The molecule has 2 heteroatoms. The number of fused-ring (bicyclic) bond motifs is 4. The minimum absolute atomic E-state index is 1.09. The van der Waals surface area contributed by atoms with E-state index in [9.17, 15) is 0 Å². The molecule has 11 aromatic rings. The van der Waals surface area contributed by atoms with Crippen molar-refractivity contribution in [1.29, 1.82) is 0 Å². The first-order valence-electron chi connectivity index (χ1n) is 20.6. The van der Waals surface area contributed by atoms with Gasteiger partial charge >= 0.3 is 0 Å². The van der Waals surface area contributed by atoms with Gasteiger partial charge < -0.3 is 9.47 Å². The van der Waals surface area contributed by atoms with Crippen LogP contribution >= 0.6 is 0 Å². The maximum Gasteiger partial charge on any atom is 0.0547 e. The van der Waals surface area contributed by atoms with Crippen molar-refractivity contribution in [3.63, 3.8) is 0 Å². The van der Waals surface area contributed by atoms with Crippen LogP contribution in [0.2, 0.25) is 0 Å². The van der Waals surface area contributed by atoms with E-state index in [2.05, 4.69) is 252 Å². The number of nitrogens with zero attached hydrogens (tertiary/aromatic N) is 2. The fourth-order valence-corrected chi connectivity index (χ4v) is 8.83. The Kier molecular flexibility index (Phi) is 8.87. The Balaban J connectivity index is 0.992. The minimum atomic E-state index is 1.09. The zero-order valence-corrected chi connectivity index (χ0v) is 33.0. The Morgan fingerprint density at radius 1 is 0.283 bits per heavy atom. The third-order valence-electron chi connectivity index (χ3n) is 11.8. The Labute approximate surface area is 350 Å². The van der Waals surface area contributed by atoms with Crippen molar-refractivity contribution in [2.24, 2.45) is 0 Å². The fourth-order valence-electron chi connectivity index (χ4n) is 8.83. The lowest BCUT2D eigenvalue weighted by molar-refractivity contribution is 1.19. The molecule has 0 amide bonds. The average Bonchev–Trinajstić information content (AvgIpc) is 3.67. The summed E-state index contributed by atoms with van der Waals surface area (Å²) >= 11 is 0. The zero-order chi connectivity index (χ0) is 39.8. The second-order valence-electron chi connectivity index (χ2n) is 15.4. The SMILES string of the molecule is c1ccc(-c2ccc(-c3ccc(N(c4ccc(-c5cccc6c5c5ccccc5n6-c5ccc6ccccc6c5)cc4)c4cccc(-c5ccccc5)c4)cc3)cc2)cc1. The molecule has 0 saturated carbocycles. The van der Waals surface area contributed by atoms with Crippen molar-refractivity contribution in [2.45, 2.75) is 0 Å². The first kappa shape index (κ1) is 35.2. The summed E-state index contributed by atoms with van der Waals surface area (Å²) in [7, 11) is 0. The van der Waals surface area contributed by atoms with Crippen LogP contribution in [0.5, 0.6) is 0 Å². The summed E-state index contributed by atoms with van der Waals surface area (Å²) < 4.78 is 2.41. The highest BCUT2D eigenvalue weighted by Gasteiger charge is 2.18. The van der Waals surface area contributed by atoms with E-state index in [0.717, 1.165) is 22.7 Å². The lowest BCUT2D eigenvalue weighted by Crippen LogP contribution is -2.10. The molecule has 1 aromatic heterocycles. The zero-order valence-electron chi connectivity index (χ0n) is 33.0. The van der Waals surface area contributed by atoms with E-state index in [1.165, 1.54) is 77.1 Å². The number of hydrogen-bond donors (Lipinski definition) is 0. The van der Waals surface area contributed by atoms with Crippen LogP contribution < -0.4 is 4.90 Å². The second kappa shape index (κ2) is 15.1. The van der Waals surface area contributed by atoms with Crippen molar-refractivity contribution in [2.75, 3.05) is 4.90 Å². The first-order chi connectivity index (χ1) is 29.7. The van der Waals surface area contributed by atoms with E-state index in [-0.39, 0.29) is 0 Å². The summed E-state index contributed by atoms with van der Waals surface area (Å²) in [6.07, 6.45) is 0. The largest absolute Gasteiger partial charge is 0.310 e. The molecule has 0 aliphatic heterocycles. The van der Waals surface area contributed by atoms with E-state index in [0.29, 0.717) is 0 Å². The van der Waals surface area contributed by atoms with Gasteiger partial charge in [-0.05, 0) is 116 Å². The summed E-state index contributed by atoms with van der Waals surface area (Å²) in [6.45, 7) is 0. The Hall–Kier alpha value is -7.94. The van der Waals surface area contributed by atoms with Gasteiger partial charge in [0.15, 0.2) is 0 Å². The molecule has 11 rings (SSSR count). The van der Waals surface area contributed by atoms with Crippen molar-refractivity contribution in [3.05, 3.63) is 243 Å². The summed E-state index contributed by atoms with van der Waals surface area (Å²) in [6, 6.07) is 87.8. The van der Waals surface area contributed by atoms with Gasteiger partial charge in [-0.15, -0.1) is 0 Å². The van der Waals surface area contributed by atoms with E-state index < -0.39 is 0 Å². The number of hydrogen-bond acceptors (Lipinski definition) is 1. The van der Waals surface area contributed by atoms with Crippen LogP contribution in [0.25, 0.3) is 82.8 Å². The van der Waals surface area contributed by atoms with Gasteiger partial charge in [0, 0.05) is 33.5 Å². The predicted octanol–water partition coefficient (Wildman–Crippen LogP) is 16.1. The van der Waals surface area contributed by atoms with E-state index >= 15 is 0 Å². The maximum absolute atomic E-state index is 2.41. The monoisotopic (exact) mass is 764 g/mol. The topological polar surface area (TPSA) is 8.17 Å². The highest BCUT2D eigenvalue weighted by atomic mass is 15.1. The molecule has 0 aliphatic rings. The molecule has 0 N–H and O–H groups in total. The third kappa shape index (κ3) is 6.41. The van der Waals surface area contributed by atoms with Gasteiger partial charge in [0.1, 0.15) is 0 Å². The molecule has 10 aromatic carbocycles. The van der Waals surface area contributed by atoms with Crippen molar-refractivity contribution in [1.82, 2.24) is 4.57 Å². The first-order valence-corrected chi connectivity index (χ1v) is 20.6. The fraction of sp³-hybridized carbons (Fsp3) is 0. The van der Waals surface area contributed by atoms with Crippen LogP contribution in [0, 0.1) is 0 Å². The molecule has 1 heterocycles. The Morgan fingerprint density at radius 2 is 0.783 bits per heavy atom. The highest BCUT2D eigenvalue weighted by Crippen LogP contribution is 2.42. The van der Waals surface area contributed by atoms with Crippen LogP contribution in [0.1, 0.15) is 0 Å². The molecule has 0 bridgehead atoms. The normalized spacial score (nSPS) is 11.3. The molecule has 0 saturated heterocycles. The van der Waals surface area contributed by atoms with Crippen LogP contribution in [0.3, 0.4) is 0 Å². The van der Waals surface area contributed by atoms with Crippen molar-refractivity contribution < 1.29 is 0 Å². The summed E-state index contributed by atoms with van der Waals surface area (Å²) in [5.74, 6) is 0. The van der Waals surface area contributed by atoms with E-state index in [4.69, 9.17) is 0 Å². The highest BCUT2D eigenvalue weighted by molar-refractivity contribution is 6.16. The van der Waals surface area contributed by atoms with Gasteiger partial charge in [0.05, 0.1) is 11.0 Å². The van der Waals surface area contributed by atoms with E-state index in [1.807, 2.05) is 0 Å². The molecular formula is C58H40N2. The van der Waals surface area contributed by atoms with Crippen molar-refractivity contribution >= 4 is 49.6 Å². The lowest BCUT2D eigenvalue weighted by atomic mass is 9.98. The van der Waals surface area contributed by atoms with Gasteiger partial charge in [-0.1, -0.05) is 182 Å².